The van der Waals surface area contributed by atoms with Gasteiger partial charge in [-0.25, -0.2) is 0 Å². The van der Waals surface area contributed by atoms with Gasteiger partial charge in [-0.3, -0.25) is 4.79 Å². The summed E-state index contributed by atoms with van der Waals surface area (Å²) in [5.41, 5.74) is 4.18. The van der Waals surface area contributed by atoms with Crippen LogP contribution in [0.5, 0.6) is 5.75 Å². The fourth-order valence-corrected chi connectivity index (χ4v) is 2.89. The highest BCUT2D eigenvalue weighted by Gasteiger charge is 2.09. The second kappa shape index (κ2) is 9.72. The van der Waals surface area contributed by atoms with E-state index in [9.17, 15) is 4.79 Å². The molecule has 0 saturated carbocycles. The van der Waals surface area contributed by atoms with Gasteiger partial charge >= 0.3 is 0 Å². The summed E-state index contributed by atoms with van der Waals surface area (Å²) < 4.78 is 5.78. The zero-order valence-corrected chi connectivity index (χ0v) is 16.3. The van der Waals surface area contributed by atoms with Crippen molar-refractivity contribution in [2.45, 2.75) is 26.4 Å². The highest BCUT2D eigenvalue weighted by atomic mass is 16.5. The van der Waals surface area contributed by atoms with E-state index in [4.69, 9.17) is 4.74 Å². The molecule has 0 fully saturated rings. The lowest BCUT2D eigenvalue weighted by atomic mass is 10.1. The van der Waals surface area contributed by atoms with E-state index in [1.165, 1.54) is 5.56 Å². The van der Waals surface area contributed by atoms with Gasteiger partial charge in [-0.1, -0.05) is 66.2 Å². The Kier molecular flexibility index (Phi) is 6.82. The Bertz CT molecular complexity index is 892. The van der Waals surface area contributed by atoms with Crippen LogP contribution in [0.25, 0.3) is 0 Å². The van der Waals surface area contributed by atoms with E-state index in [2.05, 4.69) is 29.7 Å². The van der Waals surface area contributed by atoms with Crippen LogP contribution in [-0.2, 0) is 11.3 Å². The second-order valence-electron chi connectivity index (χ2n) is 6.82. The summed E-state index contributed by atoms with van der Waals surface area (Å²) >= 11 is 0. The molecule has 4 heteroatoms. The molecule has 3 aromatic rings. The first-order valence-corrected chi connectivity index (χ1v) is 9.47. The molecule has 1 amide bonds. The van der Waals surface area contributed by atoms with E-state index < -0.39 is 0 Å². The number of carbonyl (C=O) groups excluding carboxylic acids is 1. The van der Waals surface area contributed by atoms with Crippen molar-refractivity contribution in [3.8, 4) is 5.75 Å². The van der Waals surface area contributed by atoms with Crippen molar-refractivity contribution in [2.75, 3.05) is 11.9 Å². The van der Waals surface area contributed by atoms with Crippen molar-refractivity contribution in [3.05, 3.63) is 95.6 Å². The molecule has 0 spiro atoms. The topological polar surface area (TPSA) is 50.4 Å². The summed E-state index contributed by atoms with van der Waals surface area (Å²) in [6, 6.07) is 26.0. The maximum atomic E-state index is 12.2. The zero-order chi connectivity index (χ0) is 19.8. The molecule has 0 unspecified atom stereocenters. The standard InChI is InChI=1S/C24H26N2O2/c1-18-12-14-22(15-13-18)26-24(27)17-28-23-11-7-6-10-21(23)16-25-19(2)20-8-4-3-5-9-20/h3-15,19,25H,16-17H2,1-2H3,(H,26,27)/t19-/m0/s1. The Morgan fingerprint density at radius 2 is 1.61 bits per heavy atom. The Balaban J connectivity index is 1.54. The summed E-state index contributed by atoms with van der Waals surface area (Å²) in [5, 5.41) is 6.36. The van der Waals surface area contributed by atoms with Crippen LogP contribution in [0.2, 0.25) is 0 Å². The monoisotopic (exact) mass is 374 g/mol. The van der Waals surface area contributed by atoms with Crippen molar-refractivity contribution in [1.82, 2.24) is 5.32 Å². The van der Waals surface area contributed by atoms with Gasteiger partial charge in [-0.05, 0) is 37.6 Å². The van der Waals surface area contributed by atoms with Crippen molar-refractivity contribution in [3.63, 3.8) is 0 Å². The van der Waals surface area contributed by atoms with E-state index in [0.29, 0.717) is 12.3 Å². The lowest BCUT2D eigenvalue weighted by molar-refractivity contribution is -0.118. The summed E-state index contributed by atoms with van der Waals surface area (Å²) in [6.07, 6.45) is 0. The van der Waals surface area contributed by atoms with Gasteiger partial charge in [-0.15, -0.1) is 0 Å². The van der Waals surface area contributed by atoms with Gasteiger partial charge in [0.1, 0.15) is 5.75 Å². The third-order valence-electron chi connectivity index (χ3n) is 4.56. The summed E-state index contributed by atoms with van der Waals surface area (Å²) in [5.74, 6) is 0.540. The normalized spacial score (nSPS) is 11.6. The Labute approximate surface area is 166 Å². The largest absolute Gasteiger partial charge is 0.483 e. The molecule has 4 nitrogen and oxygen atoms in total. The number of carbonyl (C=O) groups is 1. The fraction of sp³-hybridized carbons (Fsp3) is 0.208. The molecule has 0 aromatic heterocycles. The quantitative estimate of drug-likeness (QED) is 0.592. The maximum Gasteiger partial charge on any atom is 0.262 e. The predicted molar refractivity (Wildman–Crippen MR) is 113 cm³/mol. The van der Waals surface area contributed by atoms with E-state index in [1.807, 2.05) is 73.7 Å². The number of hydrogen-bond donors (Lipinski definition) is 2. The van der Waals surface area contributed by atoms with Crippen LogP contribution in [0.1, 0.15) is 29.7 Å². The number of nitrogens with one attached hydrogen (secondary N) is 2. The fourth-order valence-electron chi connectivity index (χ4n) is 2.89. The zero-order valence-electron chi connectivity index (χ0n) is 16.3. The highest BCUT2D eigenvalue weighted by Crippen LogP contribution is 2.20. The molecule has 0 heterocycles. The molecule has 0 saturated heterocycles. The molecule has 0 radical (unpaired) electrons. The van der Waals surface area contributed by atoms with Crippen molar-refractivity contribution >= 4 is 11.6 Å². The number of hydrogen-bond acceptors (Lipinski definition) is 3. The van der Waals surface area contributed by atoms with Crippen LogP contribution in [-0.4, -0.2) is 12.5 Å². The molecule has 28 heavy (non-hydrogen) atoms. The van der Waals surface area contributed by atoms with Crippen LogP contribution in [0.4, 0.5) is 5.69 Å². The maximum absolute atomic E-state index is 12.2. The van der Waals surface area contributed by atoms with Crippen LogP contribution < -0.4 is 15.4 Å². The van der Waals surface area contributed by atoms with Gasteiger partial charge < -0.3 is 15.4 Å². The van der Waals surface area contributed by atoms with Crippen molar-refractivity contribution in [1.29, 1.82) is 0 Å². The van der Waals surface area contributed by atoms with Crippen molar-refractivity contribution < 1.29 is 9.53 Å². The van der Waals surface area contributed by atoms with Crippen molar-refractivity contribution in [2.24, 2.45) is 0 Å². The first-order valence-electron chi connectivity index (χ1n) is 9.47. The third-order valence-corrected chi connectivity index (χ3v) is 4.56. The Morgan fingerprint density at radius 1 is 0.929 bits per heavy atom. The minimum atomic E-state index is -0.177. The molecular formula is C24H26N2O2. The Hall–Kier alpha value is -3.11. The van der Waals surface area contributed by atoms with E-state index >= 15 is 0 Å². The summed E-state index contributed by atoms with van der Waals surface area (Å²) in [7, 11) is 0. The number of amides is 1. The molecular weight excluding hydrogens is 348 g/mol. The molecule has 1 atom stereocenters. The lowest BCUT2D eigenvalue weighted by Gasteiger charge is -2.16. The molecule has 0 aliphatic heterocycles. The molecule has 144 valence electrons. The minimum Gasteiger partial charge on any atom is -0.483 e. The van der Waals surface area contributed by atoms with Gasteiger partial charge in [0.05, 0.1) is 0 Å². The molecule has 0 bridgehead atoms. The van der Waals surface area contributed by atoms with Gasteiger partial charge in [-0.2, -0.15) is 0 Å². The second-order valence-corrected chi connectivity index (χ2v) is 6.82. The first kappa shape index (κ1) is 19.6. The smallest absolute Gasteiger partial charge is 0.262 e. The number of rotatable bonds is 8. The SMILES string of the molecule is Cc1ccc(NC(=O)COc2ccccc2CN[C@@H](C)c2ccccc2)cc1. The first-order chi connectivity index (χ1) is 13.6. The van der Waals surface area contributed by atoms with Crippen LogP contribution in [0.3, 0.4) is 0 Å². The minimum absolute atomic E-state index is 0.0286. The van der Waals surface area contributed by atoms with Gasteiger partial charge in [0, 0.05) is 23.8 Å². The van der Waals surface area contributed by atoms with E-state index in [-0.39, 0.29) is 18.6 Å². The molecule has 3 aromatic carbocycles. The van der Waals surface area contributed by atoms with Gasteiger partial charge in [0.15, 0.2) is 6.61 Å². The van der Waals surface area contributed by atoms with Crippen LogP contribution in [0.15, 0.2) is 78.9 Å². The van der Waals surface area contributed by atoms with E-state index in [1.54, 1.807) is 0 Å². The average molecular weight is 374 g/mol. The molecule has 0 aliphatic rings. The summed E-state index contributed by atoms with van der Waals surface area (Å²) in [6.45, 7) is 4.77. The van der Waals surface area contributed by atoms with E-state index in [0.717, 1.165) is 16.8 Å². The lowest BCUT2D eigenvalue weighted by Crippen LogP contribution is -2.22. The van der Waals surface area contributed by atoms with Crippen LogP contribution >= 0.6 is 0 Å². The average Bonchev–Trinajstić information content (AvgIpc) is 2.73. The highest BCUT2D eigenvalue weighted by molar-refractivity contribution is 5.91. The van der Waals surface area contributed by atoms with Gasteiger partial charge in [0.2, 0.25) is 0 Å². The number of para-hydroxylation sites is 1. The number of ether oxygens (including phenoxy) is 1. The molecule has 3 rings (SSSR count). The third kappa shape index (κ3) is 5.69. The molecule has 0 aliphatic carbocycles. The number of benzene rings is 3. The Morgan fingerprint density at radius 3 is 2.36 bits per heavy atom. The van der Waals surface area contributed by atoms with Gasteiger partial charge in [0.25, 0.3) is 5.91 Å². The summed E-state index contributed by atoms with van der Waals surface area (Å²) in [4.78, 5) is 12.2. The number of aryl methyl sites for hydroxylation is 1. The molecule has 2 N–H and O–H groups in total. The predicted octanol–water partition coefficient (Wildman–Crippen LogP) is 4.86. The number of anilines is 1. The van der Waals surface area contributed by atoms with Crippen LogP contribution in [0, 0.1) is 6.92 Å².